The van der Waals surface area contributed by atoms with Gasteiger partial charge in [-0.05, 0) is 48.9 Å². The molecule has 32 heavy (non-hydrogen) atoms. The third kappa shape index (κ3) is 5.98. The Kier molecular flexibility index (Phi) is 8.23. The third-order valence-electron chi connectivity index (χ3n) is 4.45. The first-order chi connectivity index (χ1) is 15.0. The maximum Gasteiger partial charge on any atom is 0.337 e. The molecule has 172 valence electrons. The molecule has 1 atom stereocenters. The molecule has 2 rings (SSSR count). The quantitative estimate of drug-likeness (QED) is 0.574. The predicted molar refractivity (Wildman–Crippen MR) is 121 cm³/mol. The summed E-state index contributed by atoms with van der Waals surface area (Å²) in [6.07, 6.45) is 1.13. The highest BCUT2D eigenvalue weighted by Gasteiger charge is 2.31. The van der Waals surface area contributed by atoms with E-state index in [4.69, 9.17) is 11.6 Å². The van der Waals surface area contributed by atoms with Crippen LogP contribution in [0.2, 0.25) is 5.02 Å². The van der Waals surface area contributed by atoms with Gasteiger partial charge in [0.05, 0.1) is 37.3 Å². The Morgan fingerprint density at radius 3 is 1.91 bits per heavy atom. The standard InChI is InChI=1S/C21H23ClN2O7S/c1-5-18(24(32(4,28)29)17-8-6-15(22)7-9-17)19(25)23-16-11-13(20(26)30-2)10-14(12-16)21(27)31-3/h6-12,18H,5H2,1-4H3,(H,23,25)/t18-/m1/s1. The van der Waals surface area contributed by atoms with Crippen molar-refractivity contribution in [3.05, 3.63) is 58.6 Å². The van der Waals surface area contributed by atoms with Gasteiger partial charge in [-0.15, -0.1) is 0 Å². The number of benzene rings is 2. The van der Waals surface area contributed by atoms with Crippen LogP contribution in [0.15, 0.2) is 42.5 Å². The maximum atomic E-state index is 13.1. The molecule has 0 aliphatic heterocycles. The van der Waals surface area contributed by atoms with Crippen LogP contribution in [0.1, 0.15) is 34.1 Å². The average Bonchev–Trinajstić information content (AvgIpc) is 2.75. The van der Waals surface area contributed by atoms with Gasteiger partial charge in [-0.25, -0.2) is 18.0 Å². The Labute approximate surface area is 191 Å². The number of ether oxygens (including phenoxy) is 2. The molecule has 11 heteroatoms. The van der Waals surface area contributed by atoms with E-state index in [-0.39, 0.29) is 28.9 Å². The molecule has 2 aromatic carbocycles. The summed E-state index contributed by atoms with van der Waals surface area (Å²) in [6.45, 7) is 1.66. The zero-order valence-corrected chi connectivity index (χ0v) is 19.5. The van der Waals surface area contributed by atoms with Crippen molar-refractivity contribution in [2.24, 2.45) is 0 Å². The first kappa shape index (κ1) is 25.2. The molecule has 0 heterocycles. The molecule has 0 saturated heterocycles. The third-order valence-corrected chi connectivity index (χ3v) is 5.89. The Balaban J connectivity index is 2.46. The number of carbonyl (C=O) groups excluding carboxylic acids is 3. The molecule has 0 spiro atoms. The number of sulfonamides is 1. The van der Waals surface area contributed by atoms with E-state index in [0.29, 0.717) is 5.02 Å². The van der Waals surface area contributed by atoms with Crippen molar-refractivity contribution in [1.82, 2.24) is 0 Å². The van der Waals surface area contributed by atoms with Crippen LogP contribution in [0.25, 0.3) is 0 Å². The van der Waals surface area contributed by atoms with Crippen LogP contribution in [0.5, 0.6) is 0 Å². The lowest BCUT2D eigenvalue weighted by Crippen LogP contribution is -2.47. The number of esters is 2. The second-order valence-corrected chi connectivity index (χ2v) is 9.03. The normalized spacial score (nSPS) is 11.9. The number of nitrogens with zero attached hydrogens (tertiary/aromatic N) is 1. The molecule has 0 aliphatic rings. The first-order valence-electron chi connectivity index (χ1n) is 9.39. The highest BCUT2D eigenvalue weighted by molar-refractivity contribution is 7.92. The van der Waals surface area contributed by atoms with Gasteiger partial charge in [-0.1, -0.05) is 18.5 Å². The SMILES string of the molecule is CC[C@H](C(=O)Nc1cc(C(=O)OC)cc(C(=O)OC)c1)N(c1ccc(Cl)cc1)S(C)(=O)=O. The van der Waals surface area contributed by atoms with E-state index >= 15 is 0 Å². The predicted octanol–water partition coefficient (Wildman–Crippen LogP) is 3.10. The Hall–Kier alpha value is -3.11. The van der Waals surface area contributed by atoms with Crippen molar-refractivity contribution in [1.29, 1.82) is 0 Å². The molecule has 0 unspecified atom stereocenters. The van der Waals surface area contributed by atoms with Gasteiger partial charge in [-0.2, -0.15) is 0 Å². The highest BCUT2D eigenvalue weighted by Crippen LogP contribution is 2.25. The van der Waals surface area contributed by atoms with Crippen LogP contribution in [0.4, 0.5) is 11.4 Å². The zero-order chi connectivity index (χ0) is 24.1. The molecule has 0 aliphatic carbocycles. The van der Waals surface area contributed by atoms with Crippen molar-refractivity contribution < 1.29 is 32.3 Å². The minimum atomic E-state index is -3.85. The van der Waals surface area contributed by atoms with E-state index in [2.05, 4.69) is 14.8 Å². The molecule has 0 aromatic heterocycles. The lowest BCUT2D eigenvalue weighted by atomic mass is 10.1. The van der Waals surface area contributed by atoms with Crippen LogP contribution in [0.3, 0.4) is 0 Å². The molecule has 0 fully saturated rings. The number of rotatable bonds is 8. The van der Waals surface area contributed by atoms with E-state index in [1.807, 2.05) is 0 Å². The summed E-state index contributed by atoms with van der Waals surface area (Å²) >= 11 is 5.90. The van der Waals surface area contributed by atoms with Gasteiger partial charge in [-0.3, -0.25) is 9.10 Å². The minimum Gasteiger partial charge on any atom is -0.465 e. The molecule has 0 saturated carbocycles. The number of hydrogen-bond acceptors (Lipinski definition) is 7. The van der Waals surface area contributed by atoms with Gasteiger partial charge in [0.1, 0.15) is 6.04 Å². The van der Waals surface area contributed by atoms with E-state index in [1.54, 1.807) is 6.92 Å². The van der Waals surface area contributed by atoms with Gasteiger partial charge in [0, 0.05) is 10.7 Å². The van der Waals surface area contributed by atoms with Crippen molar-refractivity contribution in [2.45, 2.75) is 19.4 Å². The lowest BCUT2D eigenvalue weighted by Gasteiger charge is -2.30. The molecular weight excluding hydrogens is 460 g/mol. The van der Waals surface area contributed by atoms with Crippen LogP contribution in [-0.4, -0.2) is 52.8 Å². The van der Waals surface area contributed by atoms with Crippen LogP contribution in [-0.2, 0) is 24.3 Å². The number of methoxy groups -OCH3 is 2. The van der Waals surface area contributed by atoms with E-state index in [9.17, 15) is 22.8 Å². The number of amides is 1. The minimum absolute atomic E-state index is 0.0106. The summed E-state index contributed by atoms with van der Waals surface area (Å²) in [6, 6.07) is 8.80. The van der Waals surface area contributed by atoms with Crippen LogP contribution in [0, 0.1) is 0 Å². The summed E-state index contributed by atoms with van der Waals surface area (Å²) in [5.74, 6) is -2.11. The van der Waals surface area contributed by atoms with Crippen molar-refractivity contribution >= 4 is 50.8 Å². The van der Waals surface area contributed by atoms with Crippen molar-refractivity contribution in [3.63, 3.8) is 0 Å². The van der Waals surface area contributed by atoms with E-state index in [1.165, 1.54) is 56.7 Å². The maximum absolute atomic E-state index is 13.1. The summed E-state index contributed by atoms with van der Waals surface area (Å²) in [7, 11) is -1.50. The molecule has 2 aromatic rings. The summed E-state index contributed by atoms with van der Waals surface area (Å²) < 4.78 is 35.4. The number of hydrogen-bond donors (Lipinski definition) is 1. The average molecular weight is 483 g/mol. The molecule has 0 radical (unpaired) electrons. The number of halogens is 1. The van der Waals surface area contributed by atoms with Gasteiger partial charge in [0.25, 0.3) is 0 Å². The largest absolute Gasteiger partial charge is 0.465 e. The van der Waals surface area contributed by atoms with Gasteiger partial charge >= 0.3 is 11.9 Å². The smallest absolute Gasteiger partial charge is 0.337 e. The molecule has 1 N–H and O–H groups in total. The lowest BCUT2D eigenvalue weighted by molar-refractivity contribution is -0.117. The number of carbonyl (C=O) groups is 3. The summed E-state index contributed by atoms with van der Waals surface area (Å²) in [4.78, 5) is 37.0. The number of anilines is 2. The van der Waals surface area contributed by atoms with Gasteiger partial charge in [0.15, 0.2) is 0 Å². The van der Waals surface area contributed by atoms with Crippen LogP contribution < -0.4 is 9.62 Å². The fourth-order valence-electron chi connectivity index (χ4n) is 3.05. The Morgan fingerprint density at radius 2 is 1.50 bits per heavy atom. The summed E-state index contributed by atoms with van der Waals surface area (Å²) in [5.41, 5.74) is 0.381. The fourth-order valence-corrected chi connectivity index (χ4v) is 4.38. The second kappa shape index (κ2) is 10.5. The Bertz CT molecular complexity index is 1080. The van der Waals surface area contributed by atoms with Gasteiger partial charge in [0.2, 0.25) is 15.9 Å². The molecule has 0 bridgehead atoms. The molecular formula is C21H23ClN2O7S. The monoisotopic (exact) mass is 482 g/mol. The topological polar surface area (TPSA) is 119 Å². The van der Waals surface area contributed by atoms with Crippen molar-refractivity contribution in [2.75, 3.05) is 30.1 Å². The summed E-state index contributed by atoms with van der Waals surface area (Å²) in [5, 5.41) is 2.99. The molecule has 9 nitrogen and oxygen atoms in total. The highest BCUT2D eigenvalue weighted by atomic mass is 35.5. The van der Waals surface area contributed by atoms with Crippen molar-refractivity contribution in [3.8, 4) is 0 Å². The van der Waals surface area contributed by atoms with Crippen LogP contribution >= 0.6 is 11.6 Å². The second-order valence-electron chi connectivity index (χ2n) is 6.73. The Morgan fingerprint density at radius 1 is 1.00 bits per heavy atom. The zero-order valence-electron chi connectivity index (χ0n) is 17.9. The fraction of sp³-hybridized carbons (Fsp3) is 0.286. The van der Waals surface area contributed by atoms with Gasteiger partial charge < -0.3 is 14.8 Å². The number of nitrogens with one attached hydrogen (secondary N) is 1. The van der Waals surface area contributed by atoms with E-state index in [0.717, 1.165) is 10.6 Å². The first-order valence-corrected chi connectivity index (χ1v) is 11.6. The molecule has 1 amide bonds. The van der Waals surface area contributed by atoms with E-state index < -0.39 is 33.9 Å².